The van der Waals surface area contributed by atoms with Crippen molar-refractivity contribution in [3.8, 4) is 0 Å². The Balaban J connectivity index is 1.99. The summed E-state index contributed by atoms with van der Waals surface area (Å²) in [4.78, 5) is 0. The Bertz CT molecular complexity index is 354. The molecule has 0 radical (unpaired) electrons. The molecule has 6 nitrogen and oxygen atoms in total. The molecule has 2 saturated heterocycles. The molecule has 0 spiro atoms. The lowest BCUT2D eigenvalue weighted by Gasteiger charge is -2.35. The normalized spacial score (nSPS) is 28.4. The van der Waals surface area contributed by atoms with Crippen LogP contribution in [-0.4, -0.2) is 69.1 Å². The van der Waals surface area contributed by atoms with Crippen LogP contribution in [-0.2, 0) is 14.8 Å². The van der Waals surface area contributed by atoms with Crippen molar-refractivity contribution in [1.82, 2.24) is 9.62 Å². The second kappa shape index (κ2) is 6.29. The van der Waals surface area contributed by atoms with Gasteiger partial charge in [0.15, 0.2) is 0 Å². The predicted molar refractivity (Wildman–Crippen MR) is 67.8 cm³/mol. The fourth-order valence-electron chi connectivity index (χ4n) is 2.59. The summed E-state index contributed by atoms with van der Waals surface area (Å²) < 4.78 is 31.4. The predicted octanol–water partition coefficient (Wildman–Crippen LogP) is -0.991. The maximum atomic E-state index is 12.4. The van der Waals surface area contributed by atoms with Gasteiger partial charge in [0.05, 0.1) is 31.6 Å². The molecule has 0 bridgehead atoms. The molecule has 0 aromatic heterocycles. The summed E-state index contributed by atoms with van der Waals surface area (Å²) in [5, 5.41) is 12.5. The minimum Gasteiger partial charge on any atom is -0.395 e. The molecule has 2 rings (SSSR count). The van der Waals surface area contributed by atoms with Gasteiger partial charge in [-0.1, -0.05) is 0 Å². The third kappa shape index (κ3) is 3.42. The van der Waals surface area contributed by atoms with Gasteiger partial charge in [-0.25, -0.2) is 8.42 Å². The fourth-order valence-corrected chi connectivity index (χ4v) is 4.65. The van der Waals surface area contributed by atoms with Crippen LogP contribution >= 0.6 is 0 Å². The van der Waals surface area contributed by atoms with E-state index < -0.39 is 16.1 Å². The number of nitrogens with one attached hydrogen (secondary N) is 1. The number of rotatable bonds is 4. The zero-order valence-electron chi connectivity index (χ0n) is 10.5. The van der Waals surface area contributed by atoms with Crippen LogP contribution in [0.3, 0.4) is 0 Å². The molecule has 0 saturated carbocycles. The smallest absolute Gasteiger partial charge is 0.214 e. The molecule has 2 heterocycles. The van der Waals surface area contributed by atoms with Crippen molar-refractivity contribution >= 4 is 10.0 Å². The molecule has 2 aliphatic rings. The number of piperidine rings is 1. The molecule has 18 heavy (non-hydrogen) atoms. The maximum Gasteiger partial charge on any atom is 0.214 e. The molecular formula is C11H22N2O4S. The Morgan fingerprint density at radius 2 is 2.06 bits per heavy atom. The molecule has 0 aromatic rings. The summed E-state index contributed by atoms with van der Waals surface area (Å²) in [5.41, 5.74) is 0. The van der Waals surface area contributed by atoms with Crippen LogP contribution < -0.4 is 5.32 Å². The molecule has 106 valence electrons. The average molecular weight is 278 g/mol. The van der Waals surface area contributed by atoms with E-state index >= 15 is 0 Å². The van der Waals surface area contributed by atoms with E-state index in [0.29, 0.717) is 19.8 Å². The van der Waals surface area contributed by atoms with Crippen LogP contribution in [0.5, 0.6) is 0 Å². The summed E-state index contributed by atoms with van der Waals surface area (Å²) in [5.74, 6) is 0.434. The van der Waals surface area contributed by atoms with Crippen molar-refractivity contribution in [2.24, 2.45) is 5.92 Å². The first-order valence-corrected chi connectivity index (χ1v) is 8.13. The molecule has 2 fully saturated rings. The maximum absolute atomic E-state index is 12.4. The number of hydrogen-bond acceptors (Lipinski definition) is 5. The van der Waals surface area contributed by atoms with Gasteiger partial charge in [0, 0.05) is 6.54 Å². The van der Waals surface area contributed by atoms with E-state index in [9.17, 15) is 13.5 Å². The molecular weight excluding hydrogens is 256 g/mol. The van der Waals surface area contributed by atoms with E-state index in [0.717, 1.165) is 25.9 Å². The van der Waals surface area contributed by atoms with Crippen LogP contribution in [0.25, 0.3) is 0 Å². The van der Waals surface area contributed by atoms with Crippen molar-refractivity contribution in [2.45, 2.75) is 18.9 Å². The van der Waals surface area contributed by atoms with E-state index in [2.05, 4.69) is 5.32 Å². The first-order chi connectivity index (χ1) is 8.63. The van der Waals surface area contributed by atoms with Gasteiger partial charge in [-0.3, -0.25) is 0 Å². The summed E-state index contributed by atoms with van der Waals surface area (Å²) in [7, 11) is -3.28. The molecule has 7 heteroatoms. The van der Waals surface area contributed by atoms with Crippen molar-refractivity contribution in [3.05, 3.63) is 0 Å². The van der Waals surface area contributed by atoms with Gasteiger partial charge in [0.1, 0.15) is 0 Å². The summed E-state index contributed by atoms with van der Waals surface area (Å²) in [6.07, 6.45) is 1.82. The highest BCUT2D eigenvalue weighted by molar-refractivity contribution is 7.89. The van der Waals surface area contributed by atoms with Gasteiger partial charge in [-0.05, 0) is 31.8 Å². The van der Waals surface area contributed by atoms with E-state index in [1.54, 1.807) is 0 Å². The Kier molecular flexibility index (Phi) is 4.97. The number of sulfonamides is 1. The van der Waals surface area contributed by atoms with Gasteiger partial charge in [0.25, 0.3) is 0 Å². The minimum absolute atomic E-state index is 0.175. The van der Waals surface area contributed by atoms with Crippen LogP contribution in [0, 0.1) is 5.92 Å². The SMILES string of the molecule is O=S(=O)(CC1CCNCC1)N1CCOCC1CO. The lowest BCUT2D eigenvalue weighted by atomic mass is 10.0. The van der Waals surface area contributed by atoms with Crippen LogP contribution in [0.15, 0.2) is 0 Å². The second-order valence-electron chi connectivity index (χ2n) is 4.99. The largest absolute Gasteiger partial charge is 0.395 e. The van der Waals surface area contributed by atoms with E-state index in [-0.39, 0.29) is 18.3 Å². The summed E-state index contributed by atoms with van der Waals surface area (Å²) >= 11 is 0. The molecule has 1 unspecified atom stereocenters. The number of ether oxygens (including phenoxy) is 1. The Hall–Kier alpha value is -0.210. The van der Waals surface area contributed by atoms with Gasteiger partial charge < -0.3 is 15.2 Å². The standard InChI is InChI=1S/C11H22N2O4S/c14-7-11-8-17-6-5-13(11)18(15,16)9-10-1-3-12-4-2-10/h10-12,14H,1-9H2. The third-order valence-electron chi connectivity index (χ3n) is 3.65. The highest BCUT2D eigenvalue weighted by atomic mass is 32.2. The highest BCUT2D eigenvalue weighted by Crippen LogP contribution is 2.19. The molecule has 0 aromatic carbocycles. The van der Waals surface area contributed by atoms with Crippen molar-refractivity contribution in [3.63, 3.8) is 0 Å². The zero-order valence-corrected chi connectivity index (χ0v) is 11.4. The van der Waals surface area contributed by atoms with Crippen molar-refractivity contribution in [2.75, 3.05) is 45.2 Å². The topological polar surface area (TPSA) is 78.9 Å². The lowest BCUT2D eigenvalue weighted by Crippen LogP contribution is -2.52. The first-order valence-electron chi connectivity index (χ1n) is 6.52. The van der Waals surface area contributed by atoms with Crippen LogP contribution in [0.1, 0.15) is 12.8 Å². The fraction of sp³-hybridized carbons (Fsp3) is 1.00. The van der Waals surface area contributed by atoms with Crippen molar-refractivity contribution in [1.29, 1.82) is 0 Å². The number of aliphatic hydroxyl groups excluding tert-OH is 1. The second-order valence-corrected chi connectivity index (χ2v) is 6.96. The van der Waals surface area contributed by atoms with E-state index in [1.807, 2.05) is 0 Å². The zero-order chi connectivity index (χ0) is 13.0. The Labute approximate surface area is 108 Å². The number of aliphatic hydroxyl groups is 1. The number of hydrogen-bond donors (Lipinski definition) is 2. The average Bonchev–Trinajstić information content (AvgIpc) is 2.39. The van der Waals surface area contributed by atoms with Gasteiger partial charge in [-0.2, -0.15) is 4.31 Å². The quantitative estimate of drug-likeness (QED) is 0.690. The molecule has 2 N–H and O–H groups in total. The summed E-state index contributed by atoms with van der Waals surface area (Å²) in [6, 6.07) is -0.412. The minimum atomic E-state index is -3.28. The van der Waals surface area contributed by atoms with E-state index in [4.69, 9.17) is 4.74 Å². The van der Waals surface area contributed by atoms with Crippen molar-refractivity contribution < 1.29 is 18.3 Å². The van der Waals surface area contributed by atoms with E-state index in [1.165, 1.54) is 4.31 Å². The Morgan fingerprint density at radius 1 is 1.33 bits per heavy atom. The number of nitrogens with zero attached hydrogens (tertiary/aromatic N) is 1. The highest BCUT2D eigenvalue weighted by Gasteiger charge is 2.34. The lowest BCUT2D eigenvalue weighted by molar-refractivity contribution is 0.0107. The monoisotopic (exact) mass is 278 g/mol. The molecule has 0 aliphatic carbocycles. The third-order valence-corrected chi connectivity index (χ3v) is 5.73. The van der Waals surface area contributed by atoms with Gasteiger partial charge in [0.2, 0.25) is 10.0 Å². The molecule has 0 amide bonds. The van der Waals surface area contributed by atoms with Crippen LogP contribution in [0.2, 0.25) is 0 Å². The molecule has 1 atom stereocenters. The van der Waals surface area contributed by atoms with Crippen LogP contribution in [0.4, 0.5) is 0 Å². The van der Waals surface area contributed by atoms with Gasteiger partial charge in [-0.15, -0.1) is 0 Å². The summed E-state index contributed by atoms with van der Waals surface area (Å²) in [6.45, 7) is 2.69. The molecule has 2 aliphatic heterocycles. The number of morpholine rings is 1. The first kappa shape index (κ1) is 14.2. The Morgan fingerprint density at radius 3 is 2.72 bits per heavy atom. The van der Waals surface area contributed by atoms with Gasteiger partial charge >= 0.3 is 0 Å².